The molecule has 0 aromatic rings. The van der Waals surface area contributed by atoms with Crippen LogP contribution in [-0.4, -0.2) is 103 Å². The summed E-state index contributed by atoms with van der Waals surface area (Å²) in [6, 6.07) is 0. The number of aliphatic hydroxyl groups is 8. The largest absolute Gasteiger partial charge is 0.481 e. The Labute approximate surface area is 217 Å². The maximum Gasteiger partial charge on any atom is 0.303 e. The first-order chi connectivity index (χ1) is 17.2. The van der Waals surface area contributed by atoms with Gasteiger partial charge in [-0.1, -0.05) is 96.8 Å². The van der Waals surface area contributed by atoms with Crippen LogP contribution in [0.25, 0.3) is 0 Å². The van der Waals surface area contributed by atoms with E-state index in [0.717, 1.165) is 12.8 Å². The molecule has 9 N–H and O–H groups in total. The van der Waals surface area contributed by atoms with Crippen LogP contribution in [0.5, 0.6) is 0 Å². The zero-order valence-corrected chi connectivity index (χ0v) is 22.4. The minimum atomic E-state index is -1.67. The van der Waals surface area contributed by atoms with Crippen molar-refractivity contribution in [2.45, 2.75) is 134 Å². The number of carbonyl (C=O) groups is 1. The number of carboxylic acid groups (broad SMARTS) is 1. The van der Waals surface area contributed by atoms with Crippen LogP contribution in [-0.2, 0) is 4.79 Å². The Kier molecular flexibility index (Phi) is 35.5. The number of aliphatic carboxylic acids is 1. The van der Waals surface area contributed by atoms with Gasteiger partial charge in [0.05, 0.1) is 26.4 Å². The molecule has 0 heterocycles. The highest BCUT2D eigenvalue weighted by Gasteiger charge is 2.29. The first-order valence-corrected chi connectivity index (χ1v) is 13.6. The van der Waals surface area contributed by atoms with Gasteiger partial charge in [0.1, 0.15) is 24.4 Å². The maximum atomic E-state index is 10.3. The molecule has 10 nitrogen and oxygen atoms in total. The van der Waals surface area contributed by atoms with Crippen LogP contribution in [0.15, 0.2) is 0 Å². The van der Waals surface area contributed by atoms with Gasteiger partial charge in [0.2, 0.25) is 0 Å². The SMILES string of the molecule is CCCCCCCCCCCCCCCCCC(=O)O.OCC(O)C(O)C(O)C(O)CO.OCCO. The lowest BCUT2D eigenvalue weighted by Crippen LogP contribution is -2.46. The minimum Gasteiger partial charge on any atom is -0.481 e. The van der Waals surface area contributed by atoms with Gasteiger partial charge in [0.15, 0.2) is 0 Å². The molecule has 0 aromatic heterocycles. The molecule has 0 aliphatic rings. The maximum absolute atomic E-state index is 10.3. The second kappa shape index (κ2) is 32.2. The smallest absolute Gasteiger partial charge is 0.303 e. The predicted molar refractivity (Wildman–Crippen MR) is 140 cm³/mol. The summed E-state index contributed by atoms with van der Waals surface area (Å²) in [7, 11) is 0. The lowest BCUT2D eigenvalue weighted by atomic mass is 10.0. The van der Waals surface area contributed by atoms with E-state index < -0.39 is 43.6 Å². The third-order valence-corrected chi connectivity index (χ3v) is 5.61. The molecule has 0 bridgehead atoms. The van der Waals surface area contributed by atoms with E-state index in [9.17, 15) is 4.79 Å². The molecule has 0 saturated carbocycles. The van der Waals surface area contributed by atoms with Gasteiger partial charge >= 0.3 is 5.97 Å². The summed E-state index contributed by atoms with van der Waals surface area (Å²) in [6.07, 6.45) is 13.8. The van der Waals surface area contributed by atoms with E-state index in [2.05, 4.69) is 6.92 Å². The highest BCUT2D eigenvalue weighted by Crippen LogP contribution is 2.13. The highest BCUT2D eigenvalue weighted by molar-refractivity contribution is 5.66. The lowest BCUT2D eigenvalue weighted by molar-refractivity contribution is -0.137. The van der Waals surface area contributed by atoms with E-state index in [1.807, 2.05) is 0 Å². The summed E-state index contributed by atoms with van der Waals surface area (Å²) >= 11 is 0. The molecule has 220 valence electrons. The fourth-order valence-electron chi connectivity index (χ4n) is 3.32. The van der Waals surface area contributed by atoms with Crippen molar-refractivity contribution in [2.75, 3.05) is 26.4 Å². The molecular weight excluding hydrogens is 472 g/mol. The third-order valence-electron chi connectivity index (χ3n) is 5.61. The molecular formula is C26H56O10. The van der Waals surface area contributed by atoms with Crippen molar-refractivity contribution >= 4 is 5.97 Å². The number of rotatable bonds is 22. The fraction of sp³-hybridized carbons (Fsp3) is 0.962. The first kappa shape index (κ1) is 39.7. The van der Waals surface area contributed by atoms with Crippen molar-refractivity contribution in [3.8, 4) is 0 Å². The van der Waals surface area contributed by atoms with Gasteiger partial charge in [-0.3, -0.25) is 4.79 Å². The fourth-order valence-corrected chi connectivity index (χ4v) is 3.32. The predicted octanol–water partition coefficient (Wildman–Crippen LogP) is 1.72. The van der Waals surface area contributed by atoms with Crippen LogP contribution in [0.3, 0.4) is 0 Å². The average Bonchev–Trinajstić information content (AvgIpc) is 2.89. The molecule has 0 amide bonds. The van der Waals surface area contributed by atoms with Crippen molar-refractivity contribution in [3.63, 3.8) is 0 Å². The molecule has 0 radical (unpaired) electrons. The standard InChI is InChI=1S/C18H36O2.C6H14O6.C2H6O2/c1-2-3-4-5-6-7-8-9-10-11-12-13-14-15-16-17-18(19)20;7-1-3(9)5(11)6(12)4(10)2-8;3-1-2-4/h2-17H2,1H3,(H,19,20);3-12H,1-2H2;3-4H,1-2H2. The molecule has 10 heteroatoms. The average molecular weight is 529 g/mol. The van der Waals surface area contributed by atoms with Gasteiger partial charge in [-0.05, 0) is 6.42 Å². The van der Waals surface area contributed by atoms with E-state index in [1.165, 1.54) is 83.5 Å². The summed E-state index contributed by atoms with van der Waals surface area (Å²) in [4.78, 5) is 10.3. The molecule has 4 atom stereocenters. The summed E-state index contributed by atoms with van der Waals surface area (Å²) in [5.74, 6) is -0.653. The number of hydrogen-bond donors (Lipinski definition) is 9. The number of aliphatic hydroxyl groups excluding tert-OH is 8. The zero-order valence-electron chi connectivity index (χ0n) is 22.4. The van der Waals surface area contributed by atoms with E-state index in [-0.39, 0.29) is 13.2 Å². The summed E-state index contributed by atoms with van der Waals surface area (Å²) in [5, 5.41) is 75.9. The number of unbranched alkanes of at least 4 members (excludes halogenated alkanes) is 14. The zero-order chi connectivity index (χ0) is 28.0. The second-order valence-electron chi connectivity index (χ2n) is 9.02. The quantitative estimate of drug-likeness (QED) is 0.0932. The normalized spacial score (nSPS) is 14.0. The number of carboxylic acids is 1. The van der Waals surface area contributed by atoms with Crippen LogP contribution in [0.4, 0.5) is 0 Å². The molecule has 0 aliphatic carbocycles. The van der Waals surface area contributed by atoms with Crippen LogP contribution >= 0.6 is 0 Å². The van der Waals surface area contributed by atoms with Crippen molar-refractivity contribution in [3.05, 3.63) is 0 Å². The molecule has 0 aromatic carbocycles. The number of hydrogen-bond acceptors (Lipinski definition) is 9. The Hall–Kier alpha value is -0.850. The molecule has 0 fully saturated rings. The summed E-state index contributed by atoms with van der Waals surface area (Å²) in [5.41, 5.74) is 0. The van der Waals surface area contributed by atoms with E-state index >= 15 is 0 Å². The molecule has 36 heavy (non-hydrogen) atoms. The molecule has 0 saturated heterocycles. The molecule has 0 rings (SSSR count). The van der Waals surface area contributed by atoms with Gasteiger partial charge < -0.3 is 46.0 Å². The van der Waals surface area contributed by atoms with E-state index in [0.29, 0.717) is 6.42 Å². The Morgan fingerprint density at radius 2 is 0.806 bits per heavy atom. The van der Waals surface area contributed by atoms with Crippen molar-refractivity contribution in [2.24, 2.45) is 0 Å². The van der Waals surface area contributed by atoms with Crippen molar-refractivity contribution in [1.29, 1.82) is 0 Å². The van der Waals surface area contributed by atoms with E-state index in [4.69, 9.17) is 46.0 Å². The summed E-state index contributed by atoms with van der Waals surface area (Å²) in [6.45, 7) is 0.568. The Morgan fingerprint density at radius 1 is 0.528 bits per heavy atom. The van der Waals surface area contributed by atoms with Crippen molar-refractivity contribution < 1.29 is 50.8 Å². The molecule has 0 aliphatic heterocycles. The van der Waals surface area contributed by atoms with Gasteiger partial charge in [-0.2, -0.15) is 0 Å². The van der Waals surface area contributed by atoms with Crippen LogP contribution in [0.1, 0.15) is 110 Å². The van der Waals surface area contributed by atoms with Gasteiger partial charge in [0.25, 0.3) is 0 Å². The van der Waals surface area contributed by atoms with Crippen LogP contribution < -0.4 is 0 Å². The van der Waals surface area contributed by atoms with Gasteiger partial charge in [-0.25, -0.2) is 0 Å². The monoisotopic (exact) mass is 528 g/mol. The Morgan fingerprint density at radius 3 is 1.03 bits per heavy atom. The third kappa shape index (κ3) is 31.2. The first-order valence-electron chi connectivity index (χ1n) is 13.6. The lowest BCUT2D eigenvalue weighted by Gasteiger charge is -2.24. The second-order valence-corrected chi connectivity index (χ2v) is 9.02. The van der Waals surface area contributed by atoms with Gasteiger partial charge in [0, 0.05) is 6.42 Å². The van der Waals surface area contributed by atoms with Crippen LogP contribution in [0, 0.1) is 0 Å². The van der Waals surface area contributed by atoms with Crippen LogP contribution in [0.2, 0.25) is 0 Å². The highest BCUT2D eigenvalue weighted by atomic mass is 16.4. The Balaban J connectivity index is -0.000000574. The van der Waals surface area contributed by atoms with Gasteiger partial charge in [-0.15, -0.1) is 0 Å². The van der Waals surface area contributed by atoms with Crippen molar-refractivity contribution in [1.82, 2.24) is 0 Å². The summed E-state index contributed by atoms with van der Waals surface area (Å²) < 4.78 is 0. The minimum absolute atomic E-state index is 0.125. The Bertz CT molecular complexity index is 410. The van der Waals surface area contributed by atoms with E-state index in [1.54, 1.807) is 0 Å². The topological polar surface area (TPSA) is 199 Å². The molecule has 0 spiro atoms. The molecule has 4 unspecified atom stereocenters.